The zero-order chi connectivity index (χ0) is 11.7. The number of hydrogen-bond acceptors (Lipinski definition) is 2. The first kappa shape index (κ1) is 10.4. The molecule has 0 aliphatic rings. The third-order valence-electron chi connectivity index (χ3n) is 2.51. The lowest BCUT2D eigenvalue weighted by Gasteiger charge is -2.03. The van der Waals surface area contributed by atoms with Gasteiger partial charge in [-0.2, -0.15) is 0 Å². The van der Waals surface area contributed by atoms with Crippen molar-refractivity contribution in [3.8, 4) is 0 Å². The van der Waals surface area contributed by atoms with Crippen LogP contribution < -0.4 is 5.56 Å². The summed E-state index contributed by atoms with van der Waals surface area (Å²) in [5, 5.41) is 9.52. The van der Waals surface area contributed by atoms with Crippen LogP contribution in [0, 0.1) is 6.92 Å². The lowest BCUT2D eigenvalue weighted by Crippen LogP contribution is -2.16. The molecule has 2 N–H and O–H groups in total. The number of carboxylic acids is 1. The van der Waals surface area contributed by atoms with E-state index in [9.17, 15) is 9.59 Å². The van der Waals surface area contributed by atoms with Gasteiger partial charge in [-0.1, -0.05) is 18.2 Å². The Bertz CT molecular complexity index is 613. The van der Waals surface area contributed by atoms with E-state index in [1.165, 1.54) is 0 Å². The van der Waals surface area contributed by atoms with Crippen molar-refractivity contribution in [2.75, 3.05) is 0 Å². The van der Waals surface area contributed by atoms with Gasteiger partial charge in [0.25, 0.3) is 5.56 Å². The van der Waals surface area contributed by atoms with Crippen molar-refractivity contribution in [3.63, 3.8) is 0 Å². The molecule has 0 fully saturated rings. The molecule has 0 atom stereocenters. The molecule has 2 rings (SSSR count). The molecule has 0 unspecified atom stereocenters. The summed E-state index contributed by atoms with van der Waals surface area (Å²) in [6.07, 6.45) is -0.251. The van der Waals surface area contributed by atoms with E-state index in [1.54, 1.807) is 6.07 Å². The minimum absolute atomic E-state index is 0.251. The number of hydrogen-bond donors (Lipinski definition) is 2. The second kappa shape index (κ2) is 3.81. The van der Waals surface area contributed by atoms with Gasteiger partial charge in [-0.3, -0.25) is 9.59 Å². The van der Waals surface area contributed by atoms with Crippen LogP contribution >= 0.6 is 0 Å². The number of H-pyrrole nitrogens is 1. The van der Waals surface area contributed by atoms with Gasteiger partial charge in [0.05, 0.1) is 11.9 Å². The third-order valence-corrected chi connectivity index (χ3v) is 2.51. The summed E-state index contributed by atoms with van der Waals surface area (Å²) in [4.78, 5) is 24.9. The molecule has 1 heterocycles. The van der Waals surface area contributed by atoms with E-state index >= 15 is 0 Å². The maximum absolute atomic E-state index is 11.6. The maximum atomic E-state index is 11.6. The predicted molar refractivity (Wildman–Crippen MR) is 60.6 cm³/mol. The number of fused-ring (bicyclic) bond motifs is 1. The summed E-state index contributed by atoms with van der Waals surface area (Å²) < 4.78 is 0. The third kappa shape index (κ3) is 1.82. The van der Waals surface area contributed by atoms with Crippen molar-refractivity contribution in [3.05, 3.63) is 45.7 Å². The topological polar surface area (TPSA) is 70.2 Å². The number of aromatic nitrogens is 1. The highest BCUT2D eigenvalue weighted by atomic mass is 16.4. The summed E-state index contributed by atoms with van der Waals surface area (Å²) in [5.41, 5.74) is 1.69. The van der Waals surface area contributed by atoms with Gasteiger partial charge >= 0.3 is 5.97 Å². The van der Waals surface area contributed by atoms with Crippen LogP contribution in [0.4, 0.5) is 0 Å². The van der Waals surface area contributed by atoms with Gasteiger partial charge < -0.3 is 10.1 Å². The Balaban J connectivity index is 2.68. The zero-order valence-electron chi connectivity index (χ0n) is 8.78. The van der Waals surface area contributed by atoms with Crippen LogP contribution in [-0.2, 0) is 11.2 Å². The van der Waals surface area contributed by atoms with Crippen LogP contribution in [0.15, 0.2) is 29.1 Å². The van der Waals surface area contributed by atoms with E-state index in [4.69, 9.17) is 5.11 Å². The van der Waals surface area contributed by atoms with Crippen molar-refractivity contribution in [2.45, 2.75) is 13.3 Å². The summed E-state index contributed by atoms with van der Waals surface area (Å²) in [5.74, 6) is -1.00. The van der Waals surface area contributed by atoms with E-state index < -0.39 is 5.97 Å². The normalized spacial score (nSPS) is 10.6. The first-order valence-corrected chi connectivity index (χ1v) is 4.91. The Morgan fingerprint density at radius 2 is 2.19 bits per heavy atom. The molecule has 1 aromatic heterocycles. The molecule has 0 bridgehead atoms. The molecular weight excluding hydrogens is 206 g/mol. The number of aromatic amines is 1. The van der Waals surface area contributed by atoms with Crippen molar-refractivity contribution < 1.29 is 9.90 Å². The van der Waals surface area contributed by atoms with Crippen molar-refractivity contribution in [1.82, 2.24) is 4.98 Å². The first-order chi connectivity index (χ1) is 7.58. The number of pyridine rings is 1. The zero-order valence-corrected chi connectivity index (χ0v) is 8.78. The molecule has 2 aromatic rings. The number of benzene rings is 1. The molecule has 0 radical (unpaired) electrons. The summed E-state index contributed by atoms with van der Waals surface area (Å²) in [6.45, 7) is 1.90. The van der Waals surface area contributed by atoms with E-state index in [-0.39, 0.29) is 17.5 Å². The number of aryl methyl sites for hydroxylation is 1. The van der Waals surface area contributed by atoms with Crippen LogP contribution in [0.5, 0.6) is 0 Å². The highest BCUT2D eigenvalue weighted by Gasteiger charge is 2.07. The van der Waals surface area contributed by atoms with Gasteiger partial charge in [0.2, 0.25) is 0 Å². The highest BCUT2D eigenvalue weighted by molar-refractivity contribution is 5.83. The number of rotatable bonds is 2. The molecule has 0 spiro atoms. The van der Waals surface area contributed by atoms with E-state index in [0.29, 0.717) is 0 Å². The number of para-hydroxylation sites is 1. The van der Waals surface area contributed by atoms with Crippen LogP contribution in [0.25, 0.3) is 10.9 Å². The van der Waals surface area contributed by atoms with Crippen LogP contribution in [-0.4, -0.2) is 16.1 Å². The number of nitrogens with one attached hydrogen (secondary N) is 1. The summed E-state index contributed by atoms with van der Waals surface area (Å²) in [6, 6.07) is 7.26. The monoisotopic (exact) mass is 217 g/mol. The fourth-order valence-electron chi connectivity index (χ4n) is 1.72. The molecule has 82 valence electrons. The second-order valence-electron chi connectivity index (χ2n) is 3.73. The Labute approximate surface area is 91.5 Å². The number of carbonyl (C=O) groups is 1. The minimum Gasteiger partial charge on any atom is -0.481 e. The van der Waals surface area contributed by atoms with E-state index in [1.807, 2.05) is 25.1 Å². The SMILES string of the molecule is Cc1cccc2cc(CC(=O)O)c(=O)[nH]c12. The number of carboxylic acid groups (broad SMARTS) is 1. The Kier molecular flexibility index (Phi) is 2.48. The lowest BCUT2D eigenvalue weighted by atomic mass is 10.1. The van der Waals surface area contributed by atoms with Crippen LogP contribution in [0.2, 0.25) is 0 Å². The molecule has 4 heteroatoms. The lowest BCUT2D eigenvalue weighted by molar-refractivity contribution is -0.136. The molecule has 0 amide bonds. The molecule has 0 aliphatic carbocycles. The fraction of sp³-hybridized carbons (Fsp3) is 0.167. The Morgan fingerprint density at radius 1 is 1.44 bits per heavy atom. The van der Waals surface area contributed by atoms with Gasteiger partial charge in [0.1, 0.15) is 0 Å². The first-order valence-electron chi connectivity index (χ1n) is 4.91. The molecule has 0 aliphatic heterocycles. The molecular formula is C12H11NO3. The standard InChI is InChI=1S/C12H11NO3/c1-7-3-2-4-8-5-9(6-10(14)15)12(16)13-11(7)8/h2-5H,6H2,1H3,(H,13,16)(H,14,15). The van der Waals surface area contributed by atoms with Gasteiger partial charge in [-0.25, -0.2) is 0 Å². The minimum atomic E-state index is -1.00. The molecule has 4 nitrogen and oxygen atoms in total. The largest absolute Gasteiger partial charge is 0.481 e. The smallest absolute Gasteiger partial charge is 0.308 e. The summed E-state index contributed by atoms with van der Waals surface area (Å²) >= 11 is 0. The van der Waals surface area contributed by atoms with E-state index in [2.05, 4.69) is 4.98 Å². The van der Waals surface area contributed by atoms with Gasteiger partial charge in [0, 0.05) is 5.56 Å². The van der Waals surface area contributed by atoms with Gasteiger partial charge in [-0.05, 0) is 23.9 Å². The second-order valence-corrected chi connectivity index (χ2v) is 3.73. The average molecular weight is 217 g/mol. The van der Waals surface area contributed by atoms with Crippen molar-refractivity contribution in [2.24, 2.45) is 0 Å². The predicted octanol–water partition coefficient (Wildman–Crippen LogP) is 1.46. The van der Waals surface area contributed by atoms with Gasteiger partial charge in [0.15, 0.2) is 0 Å². The van der Waals surface area contributed by atoms with Crippen LogP contribution in [0.1, 0.15) is 11.1 Å². The quantitative estimate of drug-likeness (QED) is 0.800. The van der Waals surface area contributed by atoms with Crippen molar-refractivity contribution >= 4 is 16.9 Å². The van der Waals surface area contributed by atoms with Crippen molar-refractivity contribution in [1.29, 1.82) is 0 Å². The fourth-order valence-corrected chi connectivity index (χ4v) is 1.72. The number of aliphatic carboxylic acids is 1. The Hall–Kier alpha value is -2.10. The maximum Gasteiger partial charge on any atom is 0.308 e. The summed E-state index contributed by atoms with van der Waals surface area (Å²) in [7, 11) is 0. The molecule has 0 saturated carbocycles. The average Bonchev–Trinajstić information content (AvgIpc) is 2.20. The van der Waals surface area contributed by atoms with Gasteiger partial charge in [-0.15, -0.1) is 0 Å². The van der Waals surface area contributed by atoms with Crippen LogP contribution in [0.3, 0.4) is 0 Å². The molecule has 0 saturated heterocycles. The molecule has 16 heavy (non-hydrogen) atoms. The van der Waals surface area contributed by atoms with E-state index in [0.717, 1.165) is 16.5 Å². The molecule has 1 aromatic carbocycles. The highest BCUT2D eigenvalue weighted by Crippen LogP contribution is 2.14. The Morgan fingerprint density at radius 3 is 2.88 bits per heavy atom.